The number of aliphatic carboxylic acids is 3. The van der Waals surface area contributed by atoms with Gasteiger partial charge in [-0.2, -0.15) is 0 Å². The van der Waals surface area contributed by atoms with Gasteiger partial charge in [-0.1, -0.05) is 12.1 Å². The van der Waals surface area contributed by atoms with E-state index in [0.717, 1.165) is 0 Å². The standard InChI is InChI=1S/C21H28N4O11/c22-12(9-26)18(32)24-14(7-10-1-3-11(27)4-2-10)20(34)23-13(5-6-16(28)29)19(33)25-15(21(35)36)8-17(30)31/h1-4,12-15,26-27H,5-9,22H2,(H,23,34)(H,24,32)(H,25,33)(H,28,29)(H,30,31)(H,35,36). The van der Waals surface area contributed by atoms with Gasteiger partial charge in [-0.15, -0.1) is 0 Å². The molecule has 4 atom stereocenters. The Bertz CT molecular complexity index is 967. The number of nitrogens with two attached hydrogens (primary N) is 1. The first-order valence-corrected chi connectivity index (χ1v) is 10.6. The molecule has 1 rings (SSSR count). The highest BCUT2D eigenvalue weighted by atomic mass is 16.4. The van der Waals surface area contributed by atoms with Gasteiger partial charge in [0.05, 0.1) is 13.0 Å². The Balaban J connectivity index is 3.15. The molecule has 0 aliphatic carbocycles. The molecule has 0 saturated carbocycles. The summed E-state index contributed by atoms with van der Waals surface area (Å²) in [7, 11) is 0. The molecule has 0 spiro atoms. The number of hydrogen-bond donors (Lipinski definition) is 9. The monoisotopic (exact) mass is 512 g/mol. The third-order valence-corrected chi connectivity index (χ3v) is 4.82. The summed E-state index contributed by atoms with van der Waals surface area (Å²) in [4.78, 5) is 71.0. The summed E-state index contributed by atoms with van der Waals surface area (Å²) in [6.45, 7) is -0.733. The molecule has 4 unspecified atom stereocenters. The average Bonchev–Trinajstić information content (AvgIpc) is 2.80. The molecule has 0 aliphatic rings. The maximum atomic E-state index is 13.0. The first-order chi connectivity index (χ1) is 16.8. The van der Waals surface area contributed by atoms with Gasteiger partial charge in [0.1, 0.15) is 29.9 Å². The maximum absolute atomic E-state index is 13.0. The molecule has 10 N–H and O–H groups in total. The Morgan fingerprint density at radius 2 is 1.31 bits per heavy atom. The fraction of sp³-hybridized carbons (Fsp3) is 0.429. The quantitative estimate of drug-likeness (QED) is 0.115. The molecule has 198 valence electrons. The van der Waals surface area contributed by atoms with Crippen molar-refractivity contribution in [1.82, 2.24) is 16.0 Å². The van der Waals surface area contributed by atoms with Crippen LogP contribution in [0.1, 0.15) is 24.8 Å². The molecule has 36 heavy (non-hydrogen) atoms. The zero-order valence-corrected chi connectivity index (χ0v) is 18.9. The highest BCUT2D eigenvalue weighted by Crippen LogP contribution is 2.12. The second-order valence-corrected chi connectivity index (χ2v) is 7.71. The van der Waals surface area contributed by atoms with Gasteiger partial charge in [-0.05, 0) is 24.1 Å². The summed E-state index contributed by atoms with van der Waals surface area (Å²) in [6, 6.07) is -0.666. The molecular formula is C21H28N4O11. The molecule has 15 heteroatoms. The third kappa shape index (κ3) is 10.4. The van der Waals surface area contributed by atoms with Crippen LogP contribution in [0.4, 0.5) is 0 Å². The molecule has 15 nitrogen and oxygen atoms in total. The largest absolute Gasteiger partial charge is 0.508 e. The maximum Gasteiger partial charge on any atom is 0.326 e. The summed E-state index contributed by atoms with van der Waals surface area (Å²) in [5.41, 5.74) is 5.93. The average molecular weight is 512 g/mol. The van der Waals surface area contributed by atoms with Crippen molar-refractivity contribution in [2.24, 2.45) is 5.73 Å². The van der Waals surface area contributed by atoms with E-state index in [2.05, 4.69) is 10.6 Å². The van der Waals surface area contributed by atoms with Crippen LogP contribution in [-0.2, 0) is 35.2 Å². The zero-order valence-electron chi connectivity index (χ0n) is 18.9. The van der Waals surface area contributed by atoms with E-state index in [1.54, 1.807) is 0 Å². The number of benzene rings is 1. The Morgan fingerprint density at radius 1 is 0.778 bits per heavy atom. The minimum Gasteiger partial charge on any atom is -0.508 e. The van der Waals surface area contributed by atoms with Crippen molar-refractivity contribution >= 4 is 35.6 Å². The summed E-state index contributed by atoms with van der Waals surface area (Å²) in [6.07, 6.45) is -2.24. The predicted octanol–water partition coefficient (Wildman–Crippen LogP) is -2.87. The molecule has 1 aromatic carbocycles. The van der Waals surface area contributed by atoms with Gasteiger partial charge in [0.25, 0.3) is 0 Å². The Hall–Kier alpha value is -4.24. The van der Waals surface area contributed by atoms with E-state index in [1.165, 1.54) is 24.3 Å². The lowest BCUT2D eigenvalue weighted by molar-refractivity contribution is -0.147. The van der Waals surface area contributed by atoms with Crippen LogP contribution in [0.25, 0.3) is 0 Å². The number of rotatable bonds is 15. The second-order valence-electron chi connectivity index (χ2n) is 7.71. The van der Waals surface area contributed by atoms with E-state index < -0.39 is 85.7 Å². The highest BCUT2D eigenvalue weighted by Gasteiger charge is 2.31. The predicted molar refractivity (Wildman–Crippen MR) is 119 cm³/mol. The number of phenols is 1. The number of aliphatic hydroxyl groups is 1. The van der Waals surface area contributed by atoms with Gasteiger partial charge in [-0.25, -0.2) is 4.79 Å². The molecule has 0 heterocycles. The smallest absolute Gasteiger partial charge is 0.326 e. The van der Waals surface area contributed by atoms with Crippen LogP contribution in [0.2, 0.25) is 0 Å². The summed E-state index contributed by atoms with van der Waals surface area (Å²) < 4.78 is 0. The van der Waals surface area contributed by atoms with E-state index in [1.807, 2.05) is 5.32 Å². The van der Waals surface area contributed by atoms with Crippen molar-refractivity contribution < 1.29 is 54.3 Å². The van der Waals surface area contributed by atoms with Gasteiger partial charge in [0.2, 0.25) is 17.7 Å². The van der Waals surface area contributed by atoms with Crippen LogP contribution in [0, 0.1) is 0 Å². The third-order valence-electron chi connectivity index (χ3n) is 4.82. The molecule has 0 bridgehead atoms. The minimum absolute atomic E-state index is 0.0640. The summed E-state index contributed by atoms with van der Waals surface area (Å²) in [5, 5.41) is 52.0. The van der Waals surface area contributed by atoms with E-state index in [9.17, 15) is 33.9 Å². The highest BCUT2D eigenvalue weighted by molar-refractivity contribution is 5.95. The number of hydrogen-bond acceptors (Lipinski definition) is 9. The van der Waals surface area contributed by atoms with E-state index in [0.29, 0.717) is 5.56 Å². The lowest BCUT2D eigenvalue weighted by Crippen LogP contribution is -2.58. The normalized spacial score (nSPS) is 13.9. The number of aliphatic hydroxyl groups excluding tert-OH is 1. The van der Waals surface area contributed by atoms with Gasteiger partial charge in [-0.3, -0.25) is 24.0 Å². The number of aromatic hydroxyl groups is 1. The van der Waals surface area contributed by atoms with Crippen molar-refractivity contribution in [3.05, 3.63) is 29.8 Å². The molecular weight excluding hydrogens is 484 g/mol. The van der Waals surface area contributed by atoms with Crippen molar-refractivity contribution in [2.75, 3.05) is 6.61 Å². The van der Waals surface area contributed by atoms with Gasteiger partial charge < -0.3 is 47.2 Å². The van der Waals surface area contributed by atoms with Crippen molar-refractivity contribution in [1.29, 1.82) is 0 Å². The van der Waals surface area contributed by atoms with Crippen LogP contribution >= 0.6 is 0 Å². The van der Waals surface area contributed by atoms with E-state index >= 15 is 0 Å². The van der Waals surface area contributed by atoms with Crippen LogP contribution < -0.4 is 21.7 Å². The van der Waals surface area contributed by atoms with Crippen LogP contribution in [0.15, 0.2) is 24.3 Å². The van der Waals surface area contributed by atoms with Crippen LogP contribution in [-0.4, -0.2) is 91.9 Å². The number of amides is 3. The molecule has 0 saturated heterocycles. The van der Waals surface area contributed by atoms with Crippen LogP contribution in [0.5, 0.6) is 5.75 Å². The van der Waals surface area contributed by atoms with Gasteiger partial charge >= 0.3 is 17.9 Å². The first-order valence-electron chi connectivity index (χ1n) is 10.6. The molecule has 0 aliphatic heterocycles. The summed E-state index contributed by atoms with van der Waals surface area (Å²) in [5.74, 6) is -7.61. The number of carboxylic acid groups (broad SMARTS) is 3. The van der Waals surface area contributed by atoms with Crippen LogP contribution in [0.3, 0.4) is 0 Å². The van der Waals surface area contributed by atoms with E-state index in [4.69, 9.17) is 26.2 Å². The summed E-state index contributed by atoms with van der Waals surface area (Å²) >= 11 is 0. The molecule has 1 aromatic rings. The fourth-order valence-corrected chi connectivity index (χ4v) is 2.89. The topological polar surface area (TPSA) is 266 Å². The number of nitrogens with one attached hydrogen (secondary N) is 3. The fourth-order valence-electron chi connectivity index (χ4n) is 2.89. The lowest BCUT2D eigenvalue weighted by Gasteiger charge is -2.25. The molecule has 0 fully saturated rings. The zero-order chi connectivity index (χ0) is 27.4. The van der Waals surface area contributed by atoms with Gasteiger partial charge in [0, 0.05) is 12.8 Å². The van der Waals surface area contributed by atoms with E-state index in [-0.39, 0.29) is 12.2 Å². The van der Waals surface area contributed by atoms with Crippen molar-refractivity contribution in [3.63, 3.8) is 0 Å². The number of carbonyl (C=O) groups is 6. The van der Waals surface area contributed by atoms with Crippen molar-refractivity contribution in [3.8, 4) is 5.75 Å². The Labute approximate surface area is 204 Å². The number of phenolic OH excluding ortho intramolecular Hbond substituents is 1. The molecule has 0 aromatic heterocycles. The lowest BCUT2D eigenvalue weighted by atomic mass is 10.0. The van der Waals surface area contributed by atoms with Gasteiger partial charge in [0.15, 0.2) is 0 Å². The second kappa shape index (κ2) is 14.2. The number of carbonyl (C=O) groups excluding carboxylic acids is 3. The Kier molecular flexibility index (Phi) is 11.8. The molecule has 0 radical (unpaired) electrons. The van der Waals surface area contributed by atoms with Crippen molar-refractivity contribution in [2.45, 2.75) is 49.9 Å². The minimum atomic E-state index is -1.85. The first kappa shape index (κ1) is 29.8. The number of carboxylic acids is 3. The molecule has 3 amide bonds. The Morgan fingerprint density at radius 3 is 1.81 bits per heavy atom. The SMILES string of the molecule is NC(CO)C(=O)NC(Cc1ccc(O)cc1)C(=O)NC(CCC(=O)O)C(=O)NC(CC(=O)O)C(=O)O.